The average molecular weight is 352 g/mol. The van der Waals surface area contributed by atoms with E-state index in [9.17, 15) is 4.79 Å². The lowest BCUT2D eigenvalue weighted by Crippen LogP contribution is -2.34. The Kier molecular flexibility index (Phi) is 4.49. The number of rotatable bonds is 4. The number of carbonyl (C=O) groups excluding carboxylic acids is 1. The van der Waals surface area contributed by atoms with Crippen LogP contribution in [0.25, 0.3) is 0 Å². The summed E-state index contributed by atoms with van der Waals surface area (Å²) in [6, 6.07) is 11.8. The fourth-order valence-corrected chi connectivity index (χ4v) is 4.07. The van der Waals surface area contributed by atoms with Crippen LogP contribution >= 0.6 is 0 Å². The van der Waals surface area contributed by atoms with Gasteiger partial charge in [0.2, 0.25) is 5.91 Å². The number of fused-ring (bicyclic) bond motifs is 1. The zero-order chi connectivity index (χ0) is 18.1. The summed E-state index contributed by atoms with van der Waals surface area (Å²) in [6.07, 6.45) is 0.399. The predicted octanol–water partition coefficient (Wildman–Crippen LogP) is 1.93. The van der Waals surface area contributed by atoms with Gasteiger partial charge in [0.15, 0.2) is 5.82 Å². The number of carbonyl (C=O) groups is 1. The lowest BCUT2D eigenvalue weighted by molar-refractivity contribution is -0.129. The smallest absolute Gasteiger partial charge is 0.227 e. The molecule has 2 aromatic rings. The van der Waals surface area contributed by atoms with Crippen molar-refractivity contribution in [3.05, 3.63) is 47.7 Å². The minimum Gasteiger partial charge on any atom is -0.496 e. The Morgan fingerprint density at radius 1 is 1.08 bits per heavy atom. The molecule has 136 valence electrons. The number of para-hydroxylation sites is 1. The van der Waals surface area contributed by atoms with Crippen molar-refractivity contribution in [1.82, 2.24) is 15.1 Å². The van der Waals surface area contributed by atoms with Gasteiger partial charge in [0.25, 0.3) is 0 Å². The Morgan fingerprint density at radius 2 is 1.81 bits per heavy atom. The summed E-state index contributed by atoms with van der Waals surface area (Å²) in [5.74, 6) is 2.94. The molecule has 0 N–H and O–H groups in total. The van der Waals surface area contributed by atoms with Crippen LogP contribution in [0.2, 0.25) is 0 Å². The van der Waals surface area contributed by atoms with Crippen LogP contribution in [0.15, 0.2) is 36.4 Å². The molecule has 0 radical (unpaired) electrons. The molecule has 2 aliphatic heterocycles. The maximum absolute atomic E-state index is 12.7. The van der Waals surface area contributed by atoms with Gasteiger partial charge in [-0.15, -0.1) is 5.10 Å². The second-order valence-electron chi connectivity index (χ2n) is 7.25. The minimum atomic E-state index is 0.186. The number of aromatic nitrogens is 2. The third-order valence-electron chi connectivity index (χ3n) is 5.48. The standard InChI is InChI=1S/C20H24N4O2/c1-14-7-8-19(22-21-14)23-10-16-12-24(13-17(16)11-23)20(25)9-15-5-3-4-6-18(15)26-2/h3-8,16-17H,9-13H2,1-2H3. The van der Waals surface area contributed by atoms with Gasteiger partial charge in [-0.1, -0.05) is 18.2 Å². The van der Waals surface area contributed by atoms with Gasteiger partial charge in [-0.05, 0) is 25.1 Å². The van der Waals surface area contributed by atoms with Crippen LogP contribution in [0.3, 0.4) is 0 Å². The molecule has 2 atom stereocenters. The number of aryl methyl sites for hydroxylation is 1. The van der Waals surface area contributed by atoms with E-state index < -0.39 is 0 Å². The van der Waals surface area contributed by atoms with E-state index in [0.29, 0.717) is 18.3 Å². The molecule has 1 aromatic heterocycles. The Bertz CT molecular complexity index is 779. The lowest BCUT2D eigenvalue weighted by atomic mass is 10.0. The van der Waals surface area contributed by atoms with Crippen LogP contribution < -0.4 is 9.64 Å². The van der Waals surface area contributed by atoms with E-state index >= 15 is 0 Å². The molecule has 0 aliphatic carbocycles. The molecule has 3 heterocycles. The Morgan fingerprint density at radius 3 is 2.46 bits per heavy atom. The van der Waals surface area contributed by atoms with Crippen molar-refractivity contribution >= 4 is 11.7 Å². The summed E-state index contributed by atoms with van der Waals surface area (Å²) >= 11 is 0. The molecule has 2 aliphatic rings. The van der Waals surface area contributed by atoms with Gasteiger partial charge in [-0.3, -0.25) is 4.79 Å². The van der Waals surface area contributed by atoms with Crippen LogP contribution in [-0.4, -0.2) is 54.3 Å². The number of methoxy groups -OCH3 is 1. The van der Waals surface area contributed by atoms with Gasteiger partial charge in [-0.2, -0.15) is 5.10 Å². The van der Waals surface area contributed by atoms with Crippen molar-refractivity contribution < 1.29 is 9.53 Å². The van der Waals surface area contributed by atoms with Crippen LogP contribution in [-0.2, 0) is 11.2 Å². The van der Waals surface area contributed by atoms with Crippen molar-refractivity contribution in [2.75, 3.05) is 38.2 Å². The van der Waals surface area contributed by atoms with Gasteiger partial charge < -0.3 is 14.5 Å². The van der Waals surface area contributed by atoms with Crippen LogP contribution in [0.1, 0.15) is 11.3 Å². The minimum absolute atomic E-state index is 0.186. The molecular weight excluding hydrogens is 328 g/mol. The van der Waals surface area contributed by atoms with Crippen molar-refractivity contribution in [1.29, 1.82) is 0 Å². The van der Waals surface area contributed by atoms with Crippen molar-refractivity contribution in [3.8, 4) is 5.75 Å². The third-order valence-corrected chi connectivity index (χ3v) is 5.48. The monoisotopic (exact) mass is 352 g/mol. The first-order chi connectivity index (χ1) is 12.6. The third kappa shape index (κ3) is 3.23. The van der Waals surface area contributed by atoms with E-state index in [2.05, 4.69) is 15.1 Å². The summed E-state index contributed by atoms with van der Waals surface area (Å²) in [5, 5.41) is 8.45. The number of benzene rings is 1. The molecule has 2 saturated heterocycles. The fraction of sp³-hybridized carbons (Fsp3) is 0.450. The van der Waals surface area contributed by atoms with E-state index in [0.717, 1.165) is 49.0 Å². The first-order valence-electron chi connectivity index (χ1n) is 9.09. The molecule has 26 heavy (non-hydrogen) atoms. The molecule has 1 amide bonds. The number of anilines is 1. The average Bonchev–Trinajstić information content (AvgIpc) is 3.22. The molecule has 4 rings (SSSR count). The molecule has 0 saturated carbocycles. The van der Waals surface area contributed by atoms with Gasteiger partial charge in [0.05, 0.1) is 19.2 Å². The molecule has 6 heteroatoms. The highest BCUT2D eigenvalue weighted by molar-refractivity contribution is 5.80. The molecule has 2 unspecified atom stereocenters. The fourth-order valence-electron chi connectivity index (χ4n) is 4.07. The Labute approximate surface area is 153 Å². The van der Waals surface area contributed by atoms with E-state index in [1.54, 1.807) is 7.11 Å². The highest BCUT2D eigenvalue weighted by Gasteiger charge is 2.42. The van der Waals surface area contributed by atoms with Gasteiger partial charge in [-0.25, -0.2) is 0 Å². The first-order valence-corrected chi connectivity index (χ1v) is 9.09. The van der Waals surface area contributed by atoms with Gasteiger partial charge in [0.1, 0.15) is 5.75 Å². The molecule has 0 bridgehead atoms. The van der Waals surface area contributed by atoms with Gasteiger partial charge >= 0.3 is 0 Å². The number of likely N-dealkylation sites (tertiary alicyclic amines) is 1. The molecule has 1 aromatic carbocycles. The SMILES string of the molecule is COc1ccccc1CC(=O)N1CC2CN(c3ccc(C)nn3)CC2C1. The predicted molar refractivity (Wildman–Crippen MR) is 99.2 cm³/mol. The van der Waals surface area contributed by atoms with Gasteiger partial charge in [0, 0.05) is 43.6 Å². The molecule has 6 nitrogen and oxygen atoms in total. The number of ether oxygens (including phenoxy) is 1. The number of amides is 1. The second-order valence-corrected chi connectivity index (χ2v) is 7.25. The zero-order valence-electron chi connectivity index (χ0n) is 15.3. The zero-order valence-corrected chi connectivity index (χ0v) is 15.3. The summed E-state index contributed by atoms with van der Waals surface area (Å²) < 4.78 is 5.36. The summed E-state index contributed by atoms with van der Waals surface area (Å²) in [5.41, 5.74) is 1.88. The molecular formula is C20H24N4O2. The van der Waals surface area contributed by atoms with E-state index in [1.165, 1.54) is 0 Å². The molecule has 0 spiro atoms. The largest absolute Gasteiger partial charge is 0.496 e. The summed E-state index contributed by atoms with van der Waals surface area (Å²) in [6.45, 7) is 5.49. The van der Waals surface area contributed by atoms with Crippen molar-refractivity contribution in [3.63, 3.8) is 0 Å². The number of hydrogen-bond donors (Lipinski definition) is 0. The topological polar surface area (TPSA) is 58.6 Å². The van der Waals surface area contributed by atoms with Crippen LogP contribution in [0.5, 0.6) is 5.75 Å². The quantitative estimate of drug-likeness (QED) is 0.842. The van der Waals surface area contributed by atoms with Crippen molar-refractivity contribution in [2.24, 2.45) is 11.8 Å². The van der Waals surface area contributed by atoms with E-state index in [1.807, 2.05) is 48.2 Å². The maximum Gasteiger partial charge on any atom is 0.227 e. The van der Waals surface area contributed by atoms with Crippen LogP contribution in [0.4, 0.5) is 5.82 Å². The molecule has 2 fully saturated rings. The first kappa shape index (κ1) is 16.8. The maximum atomic E-state index is 12.7. The van der Waals surface area contributed by atoms with Crippen LogP contribution in [0, 0.1) is 18.8 Å². The van der Waals surface area contributed by atoms with E-state index in [-0.39, 0.29) is 5.91 Å². The number of nitrogens with zero attached hydrogens (tertiary/aromatic N) is 4. The van der Waals surface area contributed by atoms with Crippen molar-refractivity contribution in [2.45, 2.75) is 13.3 Å². The Hall–Kier alpha value is -2.63. The van der Waals surface area contributed by atoms with E-state index in [4.69, 9.17) is 4.74 Å². The lowest BCUT2D eigenvalue weighted by Gasteiger charge is -2.22. The second kappa shape index (κ2) is 6.94. The summed E-state index contributed by atoms with van der Waals surface area (Å²) in [4.78, 5) is 17.0. The number of hydrogen-bond acceptors (Lipinski definition) is 5. The Balaban J connectivity index is 1.37. The summed E-state index contributed by atoms with van der Waals surface area (Å²) in [7, 11) is 1.64. The normalized spacial score (nSPS) is 21.8. The highest BCUT2D eigenvalue weighted by Crippen LogP contribution is 2.33. The highest BCUT2D eigenvalue weighted by atomic mass is 16.5.